The van der Waals surface area contributed by atoms with E-state index in [1.54, 1.807) is 0 Å². The van der Waals surface area contributed by atoms with Crippen LogP contribution in [0.4, 0.5) is 0 Å². The van der Waals surface area contributed by atoms with Gasteiger partial charge in [-0.05, 0) is 29.9 Å². The monoisotopic (exact) mass is 219 g/mol. The Balaban J connectivity index is 0.000000606. The van der Waals surface area contributed by atoms with Crippen LogP contribution >= 0.6 is 0 Å². The molecular weight excluding hydrogens is 198 g/mol. The molecule has 0 bridgehead atoms. The number of pyridine rings is 1. The summed E-state index contributed by atoms with van der Waals surface area (Å²) in [5.41, 5.74) is 2.88. The average molecular weight is 219 g/mol. The summed E-state index contributed by atoms with van der Waals surface area (Å²) < 4.78 is 5.55. The molecule has 0 aromatic carbocycles. The maximum Gasteiger partial charge on any atom is 0.216 e. The first kappa shape index (κ1) is 12.8. The van der Waals surface area contributed by atoms with Gasteiger partial charge in [-0.15, -0.1) is 13.2 Å². The van der Waals surface area contributed by atoms with Gasteiger partial charge >= 0.3 is 0 Å². The first-order chi connectivity index (χ1) is 7.59. The fourth-order valence-electron chi connectivity index (χ4n) is 1.96. The molecule has 0 amide bonds. The van der Waals surface area contributed by atoms with E-state index in [1.807, 2.05) is 6.20 Å². The van der Waals surface area contributed by atoms with Gasteiger partial charge in [0.25, 0.3) is 0 Å². The molecule has 0 atom stereocenters. The molecule has 2 rings (SSSR count). The van der Waals surface area contributed by atoms with Crippen LogP contribution in [-0.4, -0.2) is 11.6 Å². The summed E-state index contributed by atoms with van der Waals surface area (Å²) >= 11 is 0. The molecule has 1 aromatic heterocycles. The SMILES string of the molecule is C=C.CC(C)(C)c1ccnc2c1CCCO2. The molecule has 0 fully saturated rings. The van der Waals surface area contributed by atoms with Crippen molar-refractivity contribution >= 4 is 0 Å². The molecule has 0 saturated carbocycles. The maximum atomic E-state index is 5.55. The molecule has 2 nitrogen and oxygen atoms in total. The molecule has 2 heteroatoms. The molecule has 2 heterocycles. The number of rotatable bonds is 0. The highest BCUT2D eigenvalue weighted by atomic mass is 16.5. The van der Waals surface area contributed by atoms with Crippen molar-refractivity contribution in [3.63, 3.8) is 0 Å². The van der Waals surface area contributed by atoms with E-state index in [4.69, 9.17) is 4.74 Å². The van der Waals surface area contributed by atoms with E-state index in [0.29, 0.717) is 0 Å². The van der Waals surface area contributed by atoms with Crippen LogP contribution in [0.15, 0.2) is 25.4 Å². The van der Waals surface area contributed by atoms with Crippen LogP contribution in [0, 0.1) is 0 Å². The summed E-state index contributed by atoms with van der Waals surface area (Å²) in [6.45, 7) is 13.5. The van der Waals surface area contributed by atoms with Gasteiger partial charge in [-0.3, -0.25) is 0 Å². The lowest BCUT2D eigenvalue weighted by atomic mass is 9.83. The van der Waals surface area contributed by atoms with Gasteiger partial charge < -0.3 is 4.74 Å². The number of fused-ring (bicyclic) bond motifs is 1. The first-order valence-electron chi connectivity index (χ1n) is 5.70. The van der Waals surface area contributed by atoms with Gasteiger partial charge in [0.1, 0.15) is 0 Å². The summed E-state index contributed by atoms with van der Waals surface area (Å²) in [5.74, 6) is 0.851. The Bertz CT molecular complexity index is 352. The van der Waals surface area contributed by atoms with Gasteiger partial charge in [-0.2, -0.15) is 0 Å². The minimum atomic E-state index is 0.188. The summed E-state index contributed by atoms with van der Waals surface area (Å²) in [6.07, 6.45) is 4.07. The zero-order chi connectivity index (χ0) is 12.2. The molecule has 0 aliphatic carbocycles. The summed E-state index contributed by atoms with van der Waals surface area (Å²) in [4.78, 5) is 4.27. The third-order valence-corrected chi connectivity index (χ3v) is 2.63. The van der Waals surface area contributed by atoms with Crippen LogP contribution in [-0.2, 0) is 11.8 Å². The van der Waals surface area contributed by atoms with E-state index < -0.39 is 0 Å². The molecule has 1 aromatic rings. The highest BCUT2D eigenvalue weighted by molar-refractivity contribution is 5.39. The summed E-state index contributed by atoms with van der Waals surface area (Å²) in [7, 11) is 0. The Morgan fingerprint density at radius 1 is 1.31 bits per heavy atom. The largest absolute Gasteiger partial charge is 0.477 e. The van der Waals surface area contributed by atoms with E-state index in [9.17, 15) is 0 Å². The predicted octanol–water partition coefficient (Wildman–Crippen LogP) is 3.51. The number of ether oxygens (including phenoxy) is 1. The minimum absolute atomic E-state index is 0.188. The second-order valence-corrected chi connectivity index (χ2v) is 4.84. The fourth-order valence-corrected chi connectivity index (χ4v) is 1.96. The maximum absolute atomic E-state index is 5.55. The lowest BCUT2D eigenvalue weighted by Gasteiger charge is -2.26. The Morgan fingerprint density at radius 2 is 2.00 bits per heavy atom. The van der Waals surface area contributed by atoms with E-state index in [-0.39, 0.29) is 5.41 Å². The van der Waals surface area contributed by atoms with Crippen LogP contribution in [0.2, 0.25) is 0 Å². The van der Waals surface area contributed by atoms with Crippen LogP contribution < -0.4 is 4.74 Å². The Kier molecular flexibility index (Phi) is 4.11. The van der Waals surface area contributed by atoms with Crippen LogP contribution in [0.1, 0.15) is 38.3 Å². The normalized spacial score (nSPS) is 14.2. The first-order valence-corrected chi connectivity index (χ1v) is 5.70. The van der Waals surface area contributed by atoms with Gasteiger partial charge in [0.15, 0.2) is 0 Å². The third-order valence-electron chi connectivity index (χ3n) is 2.63. The second-order valence-electron chi connectivity index (χ2n) is 4.84. The summed E-state index contributed by atoms with van der Waals surface area (Å²) in [5, 5.41) is 0. The van der Waals surface area contributed by atoms with E-state index in [0.717, 1.165) is 25.3 Å². The second kappa shape index (κ2) is 5.15. The van der Waals surface area contributed by atoms with Crippen molar-refractivity contribution in [1.82, 2.24) is 4.98 Å². The molecule has 0 spiro atoms. The zero-order valence-electron chi connectivity index (χ0n) is 10.5. The summed E-state index contributed by atoms with van der Waals surface area (Å²) in [6, 6.07) is 2.12. The molecule has 0 N–H and O–H groups in total. The Hall–Kier alpha value is -1.31. The lowest BCUT2D eigenvalue weighted by Crippen LogP contribution is -2.19. The van der Waals surface area contributed by atoms with Crippen molar-refractivity contribution in [2.75, 3.05) is 6.61 Å². The predicted molar refractivity (Wildman–Crippen MR) is 68.0 cm³/mol. The van der Waals surface area contributed by atoms with Gasteiger partial charge in [0, 0.05) is 11.8 Å². The van der Waals surface area contributed by atoms with E-state index in [1.165, 1.54) is 11.1 Å². The quantitative estimate of drug-likeness (QED) is 0.623. The van der Waals surface area contributed by atoms with Crippen molar-refractivity contribution in [2.24, 2.45) is 0 Å². The van der Waals surface area contributed by atoms with Gasteiger partial charge in [-0.1, -0.05) is 20.8 Å². The smallest absolute Gasteiger partial charge is 0.216 e. The number of hydrogen-bond donors (Lipinski definition) is 0. The van der Waals surface area contributed by atoms with E-state index in [2.05, 4.69) is 45.0 Å². The standard InChI is InChI=1S/C12H17NO.C2H4/c1-12(2,3)10-6-7-13-11-9(10)5-4-8-14-11;1-2/h6-7H,4-5,8H2,1-3H3;1-2H2. The number of hydrogen-bond acceptors (Lipinski definition) is 2. The molecule has 0 radical (unpaired) electrons. The molecule has 1 aliphatic rings. The van der Waals surface area contributed by atoms with E-state index >= 15 is 0 Å². The van der Waals surface area contributed by atoms with Crippen LogP contribution in [0.3, 0.4) is 0 Å². The van der Waals surface area contributed by atoms with Crippen molar-refractivity contribution in [3.05, 3.63) is 36.5 Å². The van der Waals surface area contributed by atoms with Gasteiger partial charge in [0.2, 0.25) is 5.88 Å². The van der Waals surface area contributed by atoms with Crippen molar-refractivity contribution in [3.8, 4) is 5.88 Å². The van der Waals surface area contributed by atoms with Crippen molar-refractivity contribution in [1.29, 1.82) is 0 Å². The molecule has 16 heavy (non-hydrogen) atoms. The number of aromatic nitrogens is 1. The molecule has 88 valence electrons. The van der Waals surface area contributed by atoms with Crippen molar-refractivity contribution < 1.29 is 4.74 Å². The molecule has 0 unspecified atom stereocenters. The Labute approximate surface area is 98.4 Å². The Morgan fingerprint density at radius 3 is 2.62 bits per heavy atom. The van der Waals surface area contributed by atoms with Crippen LogP contribution in [0.5, 0.6) is 5.88 Å². The van der Waals surface area contributed by atoms with Crippen LogP contribution in [0.25, 0.3) is 0 Å². The third kappa shape index (κ3) is 2.63. The van der Waals surface area contributed by atoms with Gasteiger partial charge in [0.05, 0.1) is 6.61 Å². The zero-order valence-corrected chi connectivity index (χ0v) is 10.5. The lowest BCUT2D eigenvalue weighted by molar-refractivity contribution is 0.274. The minimum Gasteiger partial charge on any atom is -0.477 e. The fraction of sp³-hybridized carbons (Fsp3) is 0.500. The molecule has 0 saturated heterocycles. The number of nitrogens with zero attached hydrogens (tertiary/aromatic N) is 1. The van der Waals surface area contributed by atoms with Gasteiger partial charge in [-0.25, -0.2) is 4.98 Å². The topological polar surface area (TPSA) is 22.1 Å². The average Bonchev–Trinajstić information content (AvgIpc) is 2.30. The molecule has 1 aliphatic heterocycles. The molecular formula is C14H21NO. The highest BCUT2D eigenvalue weighted by Crippen LogP contribution is 2.32. The van der Waals surface area contributed by atoms with Crippen molar-refractivity contribution in [2.45, 2.75) is 39.0 Å². The highest BCUT2D eigenvalue weighted by Gasteiger charge is 2.22.